The highest BCUT2D eigenvalue weighted by atomic mass is 16.5. The van der Waals surface area contributed by atoms with Gasteiger partial charge in [-0.25, -0.2) is 9.97 Å². The van der Waals surface area contributed by atoms with Crippen molar-refractivity contribution >= 4 is 0 Å². The SMILES string of the molecule is CCCCCCCCCCc1cnc(-c2ccc(OCc3ccc(CC)cc3)cc2)nc1. The van der Waals surface area contributed by atoms with Gasteiger partial charge in [0, 0.05) is 18.0 Å². The van der Waals surface area contributed by atoms with E-state index in [1.54, 1.807) is 0 Å². The molecule has 0 unspecified atom stereocenters. The molecule has 1 heterocycles. The molecule has 0 saturated heterocycles. The van der Waals surface area contributed by atoms with Gasteiger partial charge in [-0.2, -0.15) is 0 Å². The van der Waals surface area contributed by atoms with Crippen molar-refractivity contribution < 1.29 is 4.74 Å². The van der Waals surface area contributed by atoms with Crippen molar-refractivity contribution in [2.24, 2.45) is 0 Å². The Morgan fingerprint density at radius 1 is 0.625 bits per heavy atom. The van der Waals surface area contributed by atoms with Crippen molar-refractivity contribution in [1.82, 2.24) is 9.97 Å². The Kier molecular flexibility index (Phi) is 10.2. The van der Waals surface area contributed by atoms with E-state index in [1.807, 2.05) is 36.7 Å². The minimum Gasteiger partial charge on any atom is -0.489 e. The fourth-order valence-electron chi connectivity index (χ4n) is 3.83. The van der Waals surface area contributed by atoms with E-state index in [0.29, 0.717) is 6.61 Å². The molecular weight excluding hydrogens is 392 g/mol. The molecule has 0 aliphatic rings. The van der Waals surface area contributed by atoms with E-state index >= 15 is 0 Å². The van der Waals surface area contributed by atoms with E-state index in [9.17, 15) is 0 Å². The summed E-state index contributed by atoms with van der Waals surface area (Å²) in [5.74, 6) is 1.63. The zero-order valence-electron chi connectivity index (χ0n) is 19.9. The third-order valence-electron chi connectivity index (χ3n) is 5.97. The summed E-state index contributed by atoms with van der Waals surface area (Å²) in [7, 11) is 0. The van der Waals surface area contributed by atoms with Crippen LogP contribution in [0.4, 0.5) is 0 Å². The smallest absolute Gasteiger partial charge is 0.159 e. The first-order chi connectivity index (χ1) is 15.8. The van der Waals surface area contributed by atoms with Crippen molar-refractivity contribution in [3.8, 4) is 17.1 Å². The second-order valence-electron chi connectivity index (χ2n) is 8.62. The van der Waals surface area contributed by atoms with Gasteiger partial charge in [-0.15, -0.1) is 0 Å². The van der Waals surface area contributed by atoms with E-state index in [1.165, 1.54) is 68.1 Å². The van der Waals surface area contributed by atoms with Crippen LogP contribution in [0.15, 0.2) is 60.9 Å². The molecule has 3 nitrogen and oxygen atoms in total. The zero-order valence-corrected chi connectivity index (χ0v) is 19.9. The van der Waals surface area contributed by atoms with Gasteiger partial charge in [0.1, 0.15) is 12.4 Å². The molecule has 0 bridgehead atoms. The molecule has 0 radical (unpaired) electrons. The number of aromatic nitrogens is 2. The summed E-state index contributed by atoms with van der Waals surface area (Å²) in [5, 5.41) is 0. The number of unbranched alkanes of at least 4 members (excludes halogenated alkanes) is 7. The Bertz CT molecular complexity index is 886. The second-order valence-corrected chi connectivity index (χ2v) is 8.62. The maximum atomic E-state index is 5.93. The molecular formula is C29H38N2O. The molecule has 0 aliphatic heterocycles. The van der Waals surface area contributed by atoms with Crippen molar-refractivity contribution in [2.75, 3.05) is 0 Å². The molecule has 2 aromatic carbocycles. The summed E-state index contributed by atoms with van der Waals surface area (Å²) < 4.78 is 5.93. The van der Waals surface area contributed by atoms with E-state index in [0.717, 1.165) is 30.0 Å². The van der Waals surface area contributed by atoms with Gasteiger partial charge in [-0.1, -0.05) is 83.1 Å². The molecule has 0 amide bonds. The van der Waals surface area contributed by atoms with E-state index in [2.05, 4.69) is 48.1 Å². The van der Waals surface area contributed by atoms with Crippen molar-refractivity contribution in [3.05, 3.63) is 77.6 Å². The number of benzene rings is 2. The number of nitrogens with zero attached hydrogens (tertiary/aromatic N) is 2. The van der Waals surface area contributed by atoms with Gasteiger partial charge in [0.15, 0.2) is 5.82 Å². The van der Waals surface area contributed by atoms with Gasteiger partial charge >= 0.3 is 0 Å². The highest BCUT2D eigenvalue weighted by Crippen LogP contribution is 2.20. The fourth-order valence-corrected chi connectivity index (χ4v) is 3.83. The fraction of sp³-hybridized carbons (Fsp3) is 0.448. The van der Waals surface area contributed by atoms with Crippen LogP contribution >= 0.6 is 0 Å². The third-order valence-corrected chi connectivity index (χ3v) is 5.97. The Balaban J connectivity index is 1.40. The number of rotatable bonds is 14. The summed E-state index contributed by atoms with van der Waals surface area (Å²) in [4.78, 5) is 9.17. The predicted octanol–water partition coefficient (Wildman–Crippen LogP) is 7.97. The Morgan fingerprint density at radius 3 is 1.84 bits per heavy atom. The molecule has 1 aromatic heterocycles. The summed E-state index contributed by atoms with van der Waals surface area (Å²) in [6.45, 7) is 5.01. The van der Waals surface area contributed by atoms with Crippen molar-refractivity contribution in [1.29, 1.82) is 0 Å². The maximum absolute atomic E-state index is 5.93. The van der Waals surface area contributed by atoms with Crippen LogP contribution in [0.25, 0.3) is 11.4 Å². The van der Waals surface area contributed by atoms with E-state index in [-0.39, 0.29) is 0 Å². The number of aryl methyl sites for hydroxylation is 2. The molecule has 0 saturated carbocycles. The largest absolute Gasteiger partial charge is 0.489 e. The number of ether oxygens (including phenoxy) is 1. The summed E-state index contributed by atoms with van der Waals surface area (Å²) in [6, 6.07) is 16.6. The molecule has 3 aromatic rings. The molecule has 0 aliphatic carbocycles. The second kappa shape index (κ2) is 13.7. The monoisotopic (exact) mass is 430 g/mol. The van der Waals surface area contributed by atoms with Gasteiger partial charge in [-0.05, 0) is 60.2 Å². The van der Waals surface area contributed by atoms with E-state index in [4.69, 9.17) is 4.74 Å². The molecule has 32 heavy (non-hydrogen) atoms. The minimum atomic E-state index is 0.577. The highest BCUT2D eigenvalue weighted by molar-refractivity contribution is 5.55. The van der Waals surface area contributed by atoms with Gasteiger partial charge in [0.05, 0.1) is 0 Å². The van der Waals surface area contributed by atoms with Gasteiger partial charge < -0.3 is 4.74 Å². The molecule has 170 valence electrons. The Hall–Kier alpha value is -2.68. The molecule has 3 heteroatoms. The van der Waals surface area contributed by atoms with Gasteiger partial charge in [0.25, 0.3) is 0 Å². The van der Waals surface area contributed by atoms with Crippen LogP contribution in [0.3, 0.4) is 0 Å². The van der Waals surface area contributed by atoms with Crippen LogP contribution in [0.2, 0.25) is 0 Å². The maximum Gasteiger partial charge on any atom is 0.159 e. The topological polar surface area (TPSA) is 35.0 Å². The lowest BCUT2D eigenvalue weighted by molar-refractivity contribution is 0.306. The van der Waals surface area contributed by atoms with Crippen LogP contribution in [0.5, 0.6) is 5.75 Å². The number of hydrogen-bond donors (Lipinski definition) is 0. The van der Waals surface area contributed by atoms with E-state index < -0.39 is 0 Å². The third kappa shape index (κ3) is 8.11. The van der Waals surface area contributed by atoms with Crippen LogP contribution in [0, 0.1) is 0 Å². The van der Waals surface area contributed by atoms with Crippen LogP contribution in [-0.2, 0) is 19.4 Å². The highest BCUT2D eigenvalue weighted by Gasteiger charge is 2.04. The Morgan fingerprint density at radius 2 is 1.22 bits per heavy atom. The summed E-state index contributed by atoms with van der Waals surface area (Å²) in [6.07, 6.45) is 16.8. The average molecular weight is 431 g/mol. The van der Waals surface area contributed by atoms with Crippen molar-refractivity contribution in [3.63, 3.8) is 0 Å². The normalized spacial score (nSPS) is 10.9. The molecule has 0 spiro atoms. The minimum absolute atomic E-state index is 0.577. The molecule has 3 rings (SSSR count). The summed E-state index contributed by atoms with van der Waals surface area (Å²) in [5.41, 5.74) is 4.78. The summed E-state index contributed by atoms with van der Waals surface area (Å²) >= 11 is 0. The van der Waals surface area contributed by atoms with Crippen LogP contribution in [0.1, 0.15) is 81.9 Å². The lowest BCUT2D eigenvalue weighted by Gasteiger charge is -2.08. The van der Waals surface area contributed by atoms with Gasteiger partial charge in [0.2, 0.25) is 0 Å². The van der Waals surface area contributed by atoms with Crippen LogP contribution < -0.4 is 4.74 Å². The Labute approximate surface area is 194 Å². The molecule has 0 fully saturated rings. The average Bonchev–Trinajstić information content (AvgIpc) is 2.85. The first-order valence-corrected chi connectivity index (χ1v) is 12.4. The van der Waals surface area contributed by atoms with Crippen molar-refractivity contribution in [2.45, 2.75) is 84.7 Å². The standard InChI is InChI=1S/C29H38N2O/c1-3-5-6-7-8-9-10-11-12-26-21-30-29(31-22-26)27-17-19-28(20-18-27)32-23-25-15-13-24(4-2)14-16-25/h13-22H,3-12,23H2,1-2H3. The first kappa shape index (κ1) is 24.0. The predicted molar refractivity (Wildman–Crippen MR) is 134 cm³/mol. The molecule has 0 N–H and O–H groups in total. The lowest BCUT2D eigenvalue weighted by Crippen LogP contribution is -1.96. The zero-order chi connectivity index (χ0) is 22.4. The quantitative estimate of drug-likeness (QED) is 0.243. The van der Waals surface area contributed by atoms with Gasteiger partial charge in [-0.3, -0.25) is 0 Å². The molecule has 0 atom stereocenters. The number of hydrogen-bond acceptors (Lipinski definition) is 3. The lowest BCUT2D eigenvalue weighted by atomic mass is 10.1. The van der Waals surface area contributed by atoms with Crippen LogP contribution in [-0.4, -0.2) is 9.97 Å². The first-order valence-electron chi connectivity index (χ1n) is 12.4.